The third-order valence-electron chi connectivity index (χ3n) is 5.92. The Kier molecular flexibility index (Phi) is 6.92. The average molecular weight is 455 g/mol. The molecule has 0 aliphatic carbocycles. The van der Waals surface area contributed by atoms with Crippen LogP contribution in [0.2, 0.25) is 5.02 Å². The minimum absolute atomic E-state index is 0.0284. The first-order chi connectivity index (χ1) is 15.4. The Labute approximate surface area is 193 Å². The molecule has 1 N–H and O–H groups in total. The Morgan fingerprint density at radius 3 is 2.66 bits per heavy atom. The van der Waals surface area contributed by atoms with Crippen LogP contribution in [0.1, 0.15) is 48.6 Å². The molecule has 7 heteroatoms. The Bertz CT molecular complexity index is 1060. The maximum absolute atomic E-state index is 13.6. The minimum Gasteiger partial charge on any atom is -0.337 e. The third kappa shape index (κ3) is 5.37. The van der Waals surface area contributed by atoms with Gasteiger partial charge in [-0.2, -0.15) is 0 Å². The fraction of sp³-hybridized carbons (Fsp3) is 0.360. The summed E-state index contributed by atoms with van der Waals surface area (Å²) in [5.74, 6) is 0.153. The normalized spacial score (nSPS) is 16.3. The standard InChI is InChI=1S/C25H28ClFN4O/c1-17(2)20-5-3-18(4-6-20)14-31-16-28-12-23(31)13-29-24-7-8-30(25(24)32)15-19-9-21(26)11-22(27)10-19/h3-6,9-12,16-17,24,29H,7-8,13-15H2,1-2H3. The summed E-state index contributed by atoms with van der Waals surface area (Å²) in [6.07, 6.45) is 4.37. The number of nitrogens with one attached hydrogen (secondary N) is 1. The second-order valence-electron chi connectivity index (χ2n) is 8.67. The second kappa shape index (κ2) is 9.84. The van der Waals surface area contributed by atoms with E-state index in [2.05, 4.69) is 53.0 Å². The molecule has 1 aliphatic heterocycles. The van der Waals surface area contributed by atoms with Crippen molar-refractivity contribution in [2.75, 3.05) is 6.54 Å². The predicted molar refractivity (Wildman–Crippen MR) is 124 cm³/mol. The molecule has 0 spiro atoms. The fourth-order valence-corrected chi connectivity index (χ4v) is 4.32. The number of imidazole rings is 1. The quantitative estimate of drug-likeness (QED) is 0.535. The molecule has 1 unspecified atom stereocenters. The van der Waals surface area contributed by atoms with Crippen LogP contribution in [0.5, 0.6) is 0 Å². The smallest absolute Gasteiger partial charge is 0.240 e. The molecule has 0 saturated carbocycles. The lowest BCUT2D eigenvalue weighted by Crippen LogP contribution is -2.38. The van der Waals surface area contributed by atoms with E-state index in [0.717, 1.165) is 12.2 Å². The molecule has 1 aliphatic rings. The lowest BCUT2D eigenvalue weighted by Gasteiger charge is -2.18. The van der Waals surface area contributed by atoms with Gasteiger partial charge in [0.2, 0.25) is 5.91 Å². The molecule has 1 fully saturated rings. The zero-order chi connectivity index (χ0) is 22.7. The van der Waals surface area contributed by atoms with E-state index in [1.165, 1.54) is 23.3 Å². The highest BCUT2D eigenvalue weighted by Gasteiger charge is 2.31. The number of amides is 1. The lowest BCUT2D eigenvalue weighted by atomic mass is 10.0. The molecule has 1 atom stereocenters. The molecule has 0 radical (unpaired) electrons. The highest BCUT2D eigenvalue weighted by molar-refractivity contribution is 6.30. The van der Waals surface area contributed by atoms with Crippen LogP contribution in [-0.4, -0.2) is 32.9 Å². The first-order valence-corrected chi connectivity index (χ1v) is 11.3. The number of rotatable bonds is 8. The van der Waals surface area contributed by atoms with Crippen LogP contribution >= 0.6 is 11.6 Å². The van der Waals surface area contributed by atoms with Gasteiger partial charge in [0, 0.05) is 37.4 Å². The summed E-state index contributed by atoms with van der Waals surface area (Å²) in [7, 11) is 0. The highest BCUT2D eigenvalue weighted by atomic mass is 35.5. The maximum Gasteiger partial charge on any atom is 0.240 e. The number of nitrogens with zero attached hydrogens (tertiary/aromatic N) is 3. The first-order valence-electron chi connectivity index (χ1n) is 10.9. The van der Waals surface area contributed by atoms with Gasteiger partial charge in [-0.1, -0.05) is 49.7 Å². The lowest BCUT2D eigenvalue weighted by molar-refractivity contribution is -0.129. The van der Waals surface area contributed by atoms with Crippen molar-refractivity contribution < 1.29 is 9.18 Å². The van der Waals surface area contributed by atoms with Crippen LogP contribution in [0.25, 0.3) is 0 Å². The summed E-state index contributed by atoms with van der Waals surface area (Å²) < 4.78 is 15.7. The average Bonchev–Trinajstić information content (AvgIpc) is 3.32. The molecule has 32 heavy (non-hydrogen) atoms. The van der Waals surface area contributed by atoms with E-state index >= 15 is 0 Å². The molecule has 4 rings (SSSR count). The molecule has 0 bridgehead atoms. The number of hydrogen-bond donors (Lipinski definition) is 1. The van der Waals surface area contributed by atoms with Crippen molar-refractivity contribution in [2.45, 2.75) is 51.9 Å². The van der Waals surface area contributed by atoms with Crippen molar-refractivity contribution in [1.82, 2.24) is 19.8 Å². The Morgan fingerprint density at radius 1 is 1.16 bits per heavy atom. The van der Waals surface area contributed by atoms with Gasteiger partial charge in [-0.3, -0.25) is 4.79 Å². The highest BCUT2D eigenvalue weighted by Crippen LogP contribution is 2.20. The van der Waals surface area contributed by atoms with Gasteiger partial charge in [0.15, 0.2) is 0 Å². The van der Waals surface area contributed by atoms with E-state index in [4.69, 9.17) is 11.6 Å². The number of benzene rings is 2. The molecule has 168 valence electrons. The van der Waals surface area contributed by atoms with E-state index < -0.39 is 0 Å². The van der Waals surface area contributed by atoms with Gasteiger partial charge < -0.3 is 14.8 Å². The van der Waals surface area contributed by atoms with Gasteiger partial charge in [0.1, 0.15) is 5.82 Å². The third-order valence-corrected chi connectivity index (χ3v) is 6.14. The number of carbonyl (C=O) groups is 1. The molecule has 3 aromatic rings. The Balaban J connectivity index is 1.33. The van der Waals surface area contributed by atoms with Crippen LogP contribution in [0.3, 0.4) is 0 Å². The van der Waals surface area contributed by atoms with Crippen molar-refractivity contribution in [3.05, 3.63) is 88.2 Å². The zero-order valence-electron chi connectivity index (χ0n) is 18.4. The second-order valence-corrected chi connectivity index (χ2v) is 9.11. The van der Waals surface area contributed by atoms with E-state index in [9.17, 15) is 9.18 Å². The number of carbonyl (C=O) groups excluding carboxylic acids is 1. The van der Waals surface area contributed by atoms with Crippen LogP contribution in [0, 0.1) is 5.82 Å². The van der Waals surface area contributed by atoms with E-state index in [1.54, 1.807) is 11.0 Å². The van der Waals surface area contributed by atoms with Gasteiger partial charge in [0.25, 0.3) is 0 Å². The summed E-state index contributed by atoms with van der Waals surface area (Å²) in [5.41, 5.74) is 4.27. The maximum atomic E-state index is 13.6. The van der Waals surface area contributed by atoms with Crippen LogP contribution in [-0.2, 0) is 24.4 Å². The number of hydrogen-bond acceptors (Lipinski definition) is 3. The Morgan fingerprint density at radius 2 is 1.94 bits per heavy atom. The van der Waals surface area contributed by atoms with E-state index in [-0.39, 0.29) is 17.8 Å². The molecular weight excluding hydrogens is 427 g/mol. The van der Waals surface area contributed by atoms with Gasteiger partial charge in [-0.05, 0) is 47.2 Å². The molecule has 1 saturated heterocycles. The summed E-state index contributed by atoms with van der Waals surface area (Å²) in [6.45, 7) is 6.66. The largest absolute Gasteiger partial charge is 0.337 e. The molecule has 1 amide bonds. The number of halogens is 2. The van der Waals surface area contributed by atoms with Gasteiger partial charge in [-0.15, -0.1) is 0 Å². The van der Waals surface area contributed by atoms with Crippen molar-refractivity contribution in [2.24, 2.45) is 0 Å². The fourth-order valence-electron chi connectivity index (χ4n) is 4.08. The zero-order valence-corrected chi connectivity index (χ0v) is 19.1. The minimum atomic E-state index is -0.388. The molecule has 5 nitrogen and oxygen atoms in total. The Hall–Kier alpha value is -2.70. The number of likely N-dealkylation sites (tertiary alicyclic amines) is 1. The number of aromatic nitrogens is 2. The van der Waals surface area contributed by atoms with Gasteiger partial charge in [0.05, 0.1) is 18.1 Å². The van der Waals surface area contributed by atoms with Crippen molar-refractivity contribution in [1.29, 1.82) is 0 Å². The SMILES string of the molecule is CC(C)c1ccc(Cn2cncc2CNC2CCN(Cc3cc(F)cc(Cl)c3)C2=O)cc1. The van der Waals surface area contributed by atoms with E-state index in [1.807, 2.05) is 12.5 Å². The molecule has 2 aromatic carbocycles. The molecular formula is C25H28ClFN4O. The monoisotopic (exact) mass is 454 g/mol. The summed E-state index contributed by atoms with van der Waals surface area (Å²) >= 11 is 5.94. The van der Waals surface area contributed by atoms with Crippen molar-refractivity contribution in [3.8, 4) is 0 Å². The molecule has 2 heterocycles. The van der Waals surface area contributed by atoms with Crippen LogP contribution in [0.15, 0.2) is 55.0 Å². The van der Waals surface area contributed by atoms with Gasteiger partial charge in [-0.25, -0.2) is 9.37 Å². The molecule has 1 aromatic heterocycles. The topological polar surface area (TPSA) is 50.2 Å². The van der Waals surface area contributed by atoms with Crippen molar-refractivity contribution >= 4 is 17.5 Å². The first kappa shape index (κ1) is 22.5. The summed E-state index contributed by atoms with van der Waals surface area (Å²) in [6, 6.07) is 12.8. The summed E-state index contributed by atoms with van der Waals surface area (Å²) in [5, 5.41) is 3.71. The summed E-state index contributed by atoms with van der Waals surface area (Å²) in [4.78, 5) is 18.9. The van der Waals surface area contributed by atoms with Crippen LogP contribution in [0.4, 0.5) is 4.39 Å². The van der Waals surface area contributed by atoms with Crippen molar-refractivity contribution in [3.63, 3.8) is 0 Å². The van der Waals surface area contributed by atoms with Gasteiger partial charge >= 0.3 is 0 Å². The van der Waals surface area contributed by atoms with E-state index in [0.29, 0.717) is 42.6 Å². The van der Waals surface area contributed by atoms with Crippen LogP contribution < -0.4 is 5.32 Å². The predicted octanol–water partition coefficient (Wildman–Crippen LogP) is 4.74.